The van der Waals surface area contributed by atoms with Gasteiger partial charge in [-0.3, -0.25) is 0 Å². The number of ether oxygens (including phenoxy) is 1. The summed E-state index contributed by atoms with van der Waals surface area (Å²) in [6.45, 7) is 0.361. The number of rotatable bonds is 5. The Bertz CT molecular complexity index is 451. The highest BCUT2D eigenvalue weighted by Crippen LogP contribution is 2.33. The smallest absolute Gasteiger partial charge is 0.441 e. The minimum Gasteiger partial charge on any atom is -0.497 e. The number of hydrogen-bond acceptors (Lipinski definition) is 3. The average Bonchev–Trinajstić information content (AvgIpc) is 2.42. The lowest BCUT2D eigenvalue weighted by atomic mass is 9.87. The van der Waals surface area contributed by atoms with E-state index in [0.29, 0.717) is 6.54 Å². The van der Waals surface area contributed by atoms with Gasteiger partial charge >= 0.3 is 5.51 Å². The standard InChI is InChI=1S/C14H18F3NOS/c1-19-11-5-6-12-10(9-11)3-2-4-13(12)18-7-8-20-14(15,16)17/h5-6,9,13,18H,2-4,7-8H2,1H3. The van der Waals surface area contributed by atoms with Gasteiger partial charge in [0.15, 0.2) is 0 Å². The van der Waals surface area contributed by atoms with Crippen LogP contribution in [0.15, 0.2) is 18.2 Å². The fourth-order valence-electron chi connectivity index (χ4n) is 2.53. The maximum absolute atomic E-state index is 12.1. The predicted octanol–water partition coefficient (Wildman–Crippen LogP) is 3.92. The second kappa shape index (κ2) is 6.72. The average molecular weight is 305 g/mol. The number of alkyl halides is 3. The van der Waals surface area contributed by atoms with Gasteiger partial charge in [0.2, 0.25) is 0 Å². The van der Waals surface area contributed by atoms with E-state index in [0.717, 1.165) is 25.0 Å². The van der Waals surface area contributed by atoms with Gasteiger partial charge < -0.3 is 10.1 Å². The number of halogens is 3. The van der Waals surface area contributed by atoms with E-state index >= 15 is 0 Å². The van der Waals surface area contributed by atoms with Gasteiger partial charge in [-0.2, -0.15) is 13.2 Å². The molecule has 6 heteroatoms. The van der Waals surface area contributed by atoms with E-state index in [1.165, 1.54) is 11.1 Å². The predicted molar refractivity (Wildman–Crippen MR) is 75.2 cm³/mol. The van der Waals surface area contributed by atoms with Crippen LogP contribution in [-0.2, 0) is 6.42 Å². The first-order chi connectivity index (χ1) is 9.49. The molecule has 0 saturated carbocycles. The van der Waals surface area contributed by atoms with Crippen LogP contribution in [0.4, 0.5) is 13.2 Å². The number of thioether (sulfide) groups is 1. The number of fused-ring (bicyclic) bond motifs is 1. The number of benzene rings is 1. The molecule has 0 spiro atoms. The third kappa shape index (κ3) is 4.31. The molecule has 1 aliphatic rings. The molecule has 0 fully saturated rings. The molecule has 2 nitrogen and oxygen atoms in total. The molecule has 0 radical (unpaired) electrons. The Morgan fingerprint density at radius 1 is 1.40 bits per heavy atom. The zero-order chi connectivity index (χ0) is 14.6. The van der Waals surface area contributed by atoms with Crippen LogP contribution in [0, 0.1) is 0 Å². The SMILES string of the molecule is COc1ccc2c(c1)CCCC2NCCSC(F)(F)F. The Hall–Kier alpha value is -0.880. The normalized spacial score (nSPS) is 18.7. The molecule has 1 aliphatic carbocycles. The highest BCUT2D eigenvalue weighted by Gasteiger charge is 2.27. The number of nitrogens with one attached hydrogen (secondary N) is 1. The van der Waals surface area contributed by atoms with Crippen LogP contribution in [0.2, 0.25) is 0 Å². The Morgan fingerprint density at radius 2 is 2.20 bits per heavy atom. The largest absolute Gasteiger partial charge is 0.497 e. The molecule has 1 aromatic carbocycles. The molecule has 0 amide bonds. The van der Waals surface area contributed by atoms with Crippen molar-refractivity contribution < 1.29 is 17.9 Å². The number of aryl methyl sites for hydroxylation is 1. The van der Waals surface area contributed by atoms with E-state index in [1.807, 2.05) is 18.2 Å². The molecule has 0 bridgehead atoms. The van der Waals surface area contributed by atoms with Gasteiger partial charge in [0.25, 0.3) is 0 Å². The quantitative estimate of drug-likeness (QED) is 0.833. The van der Waals surface area contributed by atoms with E-state index in [9.17, 15) is 13.2 Å². The van der Waals surface area contributed by atoms with Crippen molar-refractivity contribution in [1.29, 1.82) is 0 Å². The zero-order valence-electron chi connectivity index (χ0n) is 11.3. The number of hydrogen-bond donors (Lipinski definition) is 1. The lowest BCUT2D eigenvalue weighted by Crippen LogP contribution is -2.27. The van der Waals surface area contributed by atoms with Crippen molar-refractivity contribution in [2.45, 2.75) is 30.8 Å². The number of methoxy groups -OCH3 is 1. The molecule has 20 heavy (non-hydrogen) atoms. The topological polar surface area (TPSA) is 21.3 Å². The summed E-state index contributed by atoms with van der Waals surface area (Å²) in [5.74, 6) is 0.878. The Labute approximate surface area is 121 Å². The van der Waals surface area contributed by atoms with E-state index in [1.54, 1.807) is 7.11 Å². The lowest BCUT2D eigenvalue weighted by Gasteiger charge is -2.27. The van der Waals surface area contributed by atoms with Crippen LogP contribution < -0.4 is 10.1 Å². The molecule has 112 valence electrons. The molecule has 1 unspecified atom stereocenters. The first-order valence-corrected chi connectivity index (χ1v) is 7.59. The second-order valence-electron chi connectivity index (χ2n) is 4.76. The van der Waals surface area contributed by atoms with Crippen molar-refractivity contribution >= 4 is 11.8 Å². The first-order valence-electron chi connectivity index (χ1n) is 6.60. The van der Waals surface area contributed by atoms with Gasteiger partial charge in [0, 0.05) is 18.3 Å². The van der Waals surface area contributed by atoms with Gasteiger partial charge in [0.1, 0.15) is 5.75 Å². The third-order valence-corrected chi connectivity index (χ3v) is 4.16. The van der Waals surface area contributed by atoms with E-state index < -0.39 is 5.51 Å². The molecule has 0 saturated heterocycles. The molecular weight excluding hydrogens is 287 g/mol. The van der Waals surface area contributed by atoms with Crippen molar-refractivity contribution in [2.75, 3.05) is 19.4 Å². The monoisotopic (exact) mass is 305 g/mol. The molecule has 0 aromatic heterocycles. The maximum Gasteiger partial charge on any atom is 0.441 e. The van der Waals surface area contributed by atoms with E-state index in [-0.39, 0.29) is 23.6 Å². The van der Waals surface area contributed by atoms with Crippen LogP contribution in [0.3, 0.4) is 0 Å². The van der Waals surface area contributed by atoms with Gasteiger partial charge in [0.05, 0.1) is 7.11 Å². The van der Waals surface area contributed by atoms with Crippen LogP contribution in [0.1, 0.15) is 30.0 Å². The van der Waals surface area contributed by atoms with Crippen molar-refractivity contribution in [2.24, 2.45) is 0 Å². The first kappa shape index (κ1) is 15.5. The molecule has 0 heterocycles. The Balaban J connectivity index is 1.92. The van der Waals surface area contributed by atoms with E-state index in [2.05, 4.69) is 5.32 Å². The van der Waals surface area contributed by atoms with Crippen LogP contribution in [0.5, 0.6) is 5.75 Å². The summed E-state index contributed by atoms with van der Waals surface area (Å²) in [5, 5.41) is 3.23. The fourth-order valence-corrected chi connectivity index (χ4v) is 2.98. The minimum atomic E-state index is -4.14. The summed E-state index contributed by atoms with van der Waals surface area (Å²) in [6.07, 6.45) is 3.02. The Morgan fingerprint density at radius 3 is 2.90 bits per heavy atom. The second-order valence-corrected chi connectivity index (χ2v) is 5.92. The maximum atomic E-state index is 12.1. The molecular formula is C14H18F3NOS. The van der Waals surface area contributed by atoms with Crippen molar-refractivity contribution in [3.63, 3.8) is 0 Å². The zero-order valence-corrected chi connectivity index (χ0v) is 12.1. The summed E-state index contributed by atoms with van der Waals surface area (Å²) in [7, 11) is 1.63. The van der Waals surface area contributed by atoms with Crippen molar-refractivity contribution in [3.8, 4) is 5.75 Å². The third-order valence-electron chi connectivity index (χ3n) is 3.42. The van der Waals surface area contributed by atoms with Gasteiger partial charge in [-0.25, -0.2) is 0 Å². The van der Waals surface area contributed by atoms with Crippen LogP contribution in [0.25, 0.3) is 0 Å². The van der Waals surface area contributed by atoms with Crippen molar-refractivity contribution in [3.05, 3.63) is 29.3 Å². The highest BCUT2D eigenvalue weighted by molar-refractivity contribution is 8.00. The summed E-state index contributed by atoms with van der Waals surface area (Å²) in [6, 6.07) is 6.09. The molecule has 1 atom stereocenters. The lowest BCUT2D eigenvalue weighted by molar-refractivity contribution is -0.0327. The molecule has 0 aliphatic heterocycles. The van der Waals surface area contributed by atoms with Gasteiger partial charge in [-0.15, -0.1) is 0 Å². The highest BCUT2D eigenvalue weighted by atomic mass is 32.2. The van der Waals surface area contributed by atoms with Crippen LogP contribution >= 0.6 is 11.8 Å². The summed E-state index contributed by atoms with van der Waals surface area (Å²) >= 11 is 0.0270. The Kier molecular flexibility index (Phi) is 5.21. The van der Waals surface area contributed by atoms with Crippen molar-refractivity contribution in [1.82, 2.24) is 5.32 Å². The minimum absolute atomic E-state index is 0.0270. The fraction of sp³-hybridized carbons (Fsp3) is 0.571. The summed E-state index contributed by atoms with van der Waals surface area (Å²) in [5.41, 5.74) is -1.72. The summed E-state index contributed by atoms with van der Waals surface area (Å²) in [4.78, 5) is 0. The summed E-state index contributed by atoms with van der Waals surface area (Å²) < 4.78 is 41.4. The van der Waals surface area contributed by atoms with Gasteiger partial charge in [-0.1, -0.05) is 6.07 Å². The molecule has 1 N–H and O–H groups in total. The van der Waals surface area contributed by atoms with E-state index in [4.69, 9.17) is 4.74 Å². The molecule has 2 rings (SSSR count). The van der Waals surface area contributed by atoms with Crippen LogP contribution in [-0.4, -0.2) is 24.9 Å². The van der Waals surface area contributed by atoms with Gasteiger partial charge in [-0.05, 0) is 54.3 Å². The molecule has 1 aromatic rings.